The van der Waals surface area contributed by atoms with E-state index in [9.17, 15) is 0 Å². The van der Waals surface area contributed by atoms with E-state index < -0.39 is 0 Å². The monoisotopic (exact) mass is 364 g/mol. The van der Waals surface area contributed by atoms with Crippen molar-refractivity contribution < 1.29 is 0 Å². The first-order valence-electron chi connectivity index (χ1n) is 10.3. The second kappa shape index (κ2) is 5.47. The van der Waals surface area contributed by atoms with Gasteiger partial charge in [0.15, 0.2) is 0 Å². The van der Waals surface area contributed by atoms with Crippen molar-refractivity contribution in [3.63, 3.8) is 0 Å². The fraction of sp³-hybridized carbons (Fsp3) is 0.286. The Morgan fingerprint density at radius 2 is 1.11 bits per heavy atom. The van der Waals surface area contributed by atoms with Gasteiger partial charge >= 0.3 is 0 Å². The number of hydrogen-bond donors (Lipinski definition) is 0. The summed E-state index contributed by atoms with van der Waals surface area (Å²) in [4.78, 5) is 0. The quantitative estimate of drug-likeness (QED) is 0.191. The average Bonchev–Trinajstić information content (AvgIpc) is 2.63. The number of fused-ring (bicyclic) bond motifs is 2. The molecule has 0 fully saturated rings. The van der Waals surface area contributed by atoms with Gasteiger partial charge in [-0.15, -0.1) is 0 Å². The lowest BCUT2D eigenvalue weighted by Gasteiger charge is -2.25. The summed E-state index contributed by atoms with van der Waals surface area (Å²) in [5, 5.41) is 11.1. The van der Waals surface area contributed by atoms with Gasteiger partial charge in [-0.1, -0.05) is 96.1 Å². The first kappa shape index (κ1) is 17.5. The topological polar surface area (TPSA) is 0 Å². The minimum atomic E-state index is 0.122. The van der Waals surface area contributed by atoms with Gasteiger partial charge in [0.05, 0.1) is 0 Å². The minimum Gasteiger partial charge on any atom is -0.0610 e. The third-order valence-electron chi connectivity index (χ3n) is 6.27. The van der Waals surface area contributed by atoms with Crippen molar-refractivity contribution in [1.29, 1.82) is 0 Å². The molecular weight excluding hydrogens is 336 g/mol. The van der Waals surface area contributed by atoms with E-state index in [0.29, 0.717) is 0 Å². The molecule has 0 N–H and O–H groups in total. The lowest BCUT2D eigenvalue weighted by Crippen LogP contribution is -2.12. The van der Waals surface area contributed by atoms with Crippen molar-refractivity contribution in [2.45, 2.75) is 52.4 Å². The van der Waals surface area contributed by atoms with Gasteiger partial charge < -0.3 is 0 Å². The molecule has 140 valence electrons. The Kier molecular flexibility index (Phi) is 3.42. The molecule has 0 saturated carbocycles. The molecule has 0 spiro atoms. The van der Waals surface area contributed by atoms with Crippen molar-refractivity contribution in [1.82, 2.24) is 0 Å². The Labute approximate surface area is 167 Å². The fourth-order valence-corrected chi connectivity index (χ4v) is 4.81. The Morgan fingerprint density at radius 1 is 0.500 bits per heavy atom. The van der Waals surface area contributed by atoms with Crippen molar-refractivity contribution in [3.05, 3.63) is 71.8 Å². The van der Waals surface area contributed by atoms with E-state index in [-0.39, 0.29) is 10.8 Å². The van der Waals surface area contributed by atoms with Crippen LogP contribution in [-0.2, 0) is 10.8 Å². The van der Waals surface area contributed by atoms with Crippen LogP contribution < -0.4 is 0 Å². The van der Waals surface area contributed by atoms with Crippen LogP contribution in [0.15, 0.2) is 60.7 Å². The highest BCUT2D eigenvalue weighted by Gasteiger charge is 2.22. The largest absolute Gasteiger partial charge is 0.0610 e. The molecule has 5 rings (SSSR count). The SMILES string of the molecule is CC(C)(C)c1cc2cccc3c4ccc(C(C)(C)C)c5cccc(c(c1)c23)c54. The van der Waals surface area contributed by atoms with Gasteiger partial charge in [-0.05, 0) is 71.1 Å². The molecule has 5 aromatic carbocycles. The summed E-state index contributed by atoms with van der Waals surface area (Å²) < 4.78 is 0. The van der Waals surface area contributed by atoms with E-state index in [1.807, 2.05) is 0 Å². The summed E-state index contributed by atoms with van der Waals surface area (Å²) in [6.45, 7) is 13.9. The van der Waals surface area contributed by atoms with Crippen molar-refractivity contribution >= 4 is 43.1 Å². The first-order chi connectivity index (χ1) is 13.2. The van der Waals surface area contributed by atoms with Crippen LogP contribution in [0.4, 0.5) is 0 Å². The van der Waals surface area contributed by atoms with Gasteiger partial charge in [-0.25, -0.2) is 0 Å². The maximum atomic E-state index is 2.44. The van der Waals surface area contributed by atoms with E-state index >= 15 is 0 Å². The highest BCUT2D eigenvalue weighted by Crippen LogP contribution is 2.44. The summed E-state index contributed by atoms with van der Waals surface area (Å²) in [5.74, 6) is 0. The molecule has 0 nitrogen and oxygen atoms in total. The first-order valence-corrected chi connectivity index (χ1v) is 10.3. The molecule has 0 bridgehead atoms. The standard InChI is InChI=1S/C28H28/c1-27(2,3)18-15-17-9-7-10-19-21-13-14-24(28(4,5)6)22-12-8-11-20(26(21)22)23(16-18)25(17)19/h7-16H,1-6H3. The molecule has 0 unspecified atom stereocenters. The molecule has 0 heteroatoms. The second-order valence-corrected chi connectivity index (χ2v) is 10.3. The van der Waals surface area contributed by atoms with Crippen molar-refractivity contribution in [2.24, 2.45) is 0 Å². The Morgan fingerprint density at radius 3 is 1.79 bits per heavy atom. The van der Waals surface area contributed by atoms with Gasteiger partial charge in [-0.2, -0.15) is 0 Å². The second-order valence-electron chi connectivity index (χ2n) is 10.3. The molecule has 5 aromatic rings. The van der Waals surface area contributed by atoms with Crippen LogP contribution in [0.1, 0.15) is 52.7 Å². The van der Waals surface area contributed by atoms with E-state index in [2.05, 4.69) is 102 Å². The normalized spacial score (nSPS) is 13.4. The zero-order valence-corrected chi connectivity index (χ0v) is 17.8. The van der Waals surface area contributed by atoms with Gasteiger partial charge in [0, 0.05) is 0 Å². The van der Waals surface area contributed by atoms with E-state index in [1.54, 1.807) is 0 Å². The Hall–Kier alpha value is -2.60. The van der Waals surface area contributed by atoms with Crippen LogP contribution in [0.25, 0.3) is 43.1 Å². The summed E-state index contributed by atoms with van der Waals surface area (Å²) in [7, 11) is 0. The predicted octanol–water partition coefficient (Wildman–Crippen LogP) is 8.33. The molecule has 0 aromatic heterocycles. The number of benzene rings is 5. The minimum absolute atomic E-state index is 0.122. The Bertz CT molecular complexity index is 1350. The summed E-state index contributed by atoms with van der Waals surface area (Å²) >= 11 is 0. The van der Waals surface area contributed by atoms with Crippen molar-refractivity contribution in [2.75, 3.05) is 0 Å². The smallest absolute Gasteiger partial charge is 0.00234 e. The zero-order chi connectivity index (χ0) is 19.8. The predicted molar refractivity (Wildman–Crippen MR) is 125 cm³/mol. The van der Waals surface area contributed by atoms with E-state index in [0.717, 1.165) is 0 Å². The van der Waals surface area contributed by atoms with Crippen LogP contribution in [-0.4, -0.2) is 0 Å². The van der Waals surface area contributed by atoms with E-state index in [1.165, 1.54) is 54.2 Å². The molecule has 28 heavy (non-hydrogen) atoms. The third kappa shape index (κ3) is 2.37. The maximum absolute atomic E-state index is 2.44. The number of rotatable bonds is 0. The fourth-order valence-electron chi connectivity index (χ4n) is 4.81. The highest BCUT2D eigenvalue weighted by molar-refractivity contribution is 6.33. The molecule has 0 atom stereocenters. The van der Waals surface area contributed by atoms with Crippen LogP contribution in [0, 0.1) is 0 Å². The maximum Gasteiger partial charge on any atom is -0.00234 e. The molecule has 0 amide bonds. The van der Waals surface area contributed by atoms with Gasteiger partial charge in [0.25, 0.3) is 0 Å². The van der Waals surface area contributed by atoms with Gasteiger partial charge in [0.2, 0.25) is 0 Å². The highest BCUT2D eigenvalue weighted by atomic mass is 14.3. The summed E-state index contributed by atoms with van der Waals surface area (Å²) in [6.07, 6.45) is 0. The summed E-state index contributed by atoms with van der Waals surface area (Å²) in [5.41, 5.74) is 3.08. The molecule has 0 heterocycles. The van der Waals surface area contributed by atoms with Crippen molar-refractivity contribution in [3.8, 4) is 0 Å². The molecule has 0 aliphatic heterocycles. The number of hydrogen-bond acceptors (Lipinski definition) is 0. The summed E-state index contributed by atoms with van der Waals surface area (Å²) in [6, 6.07) is 23.2. The van der Waals surface area contributed by atoms with Crippen LogP contribution in [0.2, 0.25) is 0 Å². The van der Waals surface area contributed by atoms with Gasteiger partial charge in [0.1, 0.15) is 0 Å². The molecule has 0 radical (unpaired) electrons. The Balaban J connectivity index is 2.10. The molecule has 0 aliphatic carbocycles. The van der Waals surface area contributed by atoms with Crippen LogP contribution >= 0.6 is 0 Å². The van der Waals surface area contributed by atoms with E-state index in [4.69, 9.17) is 0 Å². The molecule has 0 saturated heterocycles. The zero-order valence-electron chi connectivity index (χ0n) is 17.8. The molecule has 0 aliphatic rings. The lowest BCUT2D eigenvalue weighted by molar-refractivity contribution is 0.592. The molecular formula is C28H28. The average molecular weight is 365 g/mol. The lowest BCUT2D eigenvalue weighted by atomic mass is 9.79. The third-order valence-corrected chi connectivity index (χ3v) is 6.27. The van der Waals surface area contributed by atoms with Gasteiger partial charge in [-0.3, -0.25) is 0 Å². The van der Waals surface area contributed by atoms with Crippen LogP contribution in [0.5, 0.6) is 0 Å². The van der Waals surface area contributed by atoms with Crippen LogP contribution in [0.3, 0.4) is 0 Å².